The fraction of sp³-hybridized carbons (Fsp3) is 0.667. The topological polar surface area (TPSA) is 27.7 Å². The molecule has 0 aliphatic heterocycles. The quantitative estimate of drug-likeness (QED) is 0.494. The van der Waals surface area contributed by atoms with Crippen LogP contribution in [0.2, 0.25) is 0 Å². The molecule has 21 heavy (non-hydrogen) atoms. The Balaban J connectivity index is 2.75. The number of hydrogen-bond acceptors (Lipinski definition) is 3. The van der Waals surface area contributed by atoms with Crippen LogP contribution < -0.4 is 14.2 Å². The van der Waals surface area contributed by atoms with E-state index in [-0.39, 0.29) is 0 Å². The first kappa shape index (κ1) is 17.7. The third-order valence-electron chi connectivity index (χ3n) is 3.20. The summed E-state index contributed by atoms with van der Waals surface area (Å²) in [7, 11) is 0. The lowest BCUT2D eigenvalue weighted by Gasteiger charge is -2.16. The van der Waals surface area contributed by atoms with Crippen LogP contribution in [-0.2, 0) is 0 Å². The third kappa shape index (κ3) is 6.74. The largest absolute Gasteiger partial charge is 0.490 e. The third-order valence-corrected chi connectivity index (χ3v) is 3.20. The molecule has 0 N–H and O–H groups in total. The minimum absolute atomic E-state index is 0.703. The van der Waals surface area contributed by atoms with Gasteiger partial charge in [-0.15, -0.1) is 0 Å². The number of unbranched alkanes of at least 4 members (excludes halogenated alkanes) is 3. The standard InChI is InChI=1S/C18H30O3/c1-4-7-13-19-16-11-10-12-17(20-14-8-5-2)18(16)21-15-9-6-3/h10-12H,4-9,13-15H2,1-3H3. The highest BCUT2D eigenvalue weighted by atomic mass is 16.5. The Morgan fingerprint density at radius 3 is 1.52 bits per heavy atom. The second-order valence-corrected chi connectivity index (χ2v) is 5.19. The van der Waals surface area contributed by atoms with Gasteiger partial charge >= 0.3 is 0 Å². The molecule has 0 spiro atoms. The maximum Gasteiger partial charge on any atom is 0.203 e. The van der Waals surface area contributed by atoms with Crippen LogP contribution in [0, 0.1) is 0 Å². The second-order valence-electron chi connectivity index (χ2n) is 5.19. The van der Waals surface area contributed by atoms with Crippen molar-refractivity contribution in [3.8, 4) is 17.2 Å². The first-order valence-corrected chi connectivity index (χ1v) is 8.34. The summed E-state index contributed by atoms with van der Waals surface area (Å²) in [6, 6.07) is 5.89. The average molecular weight is 294 g/mol. The lowest BCUT2D eigenvalue weighted by molar-refractivity contribution is 0.237. The smallest absolute Gasteiger partial charge is 0.203 e. The molecule has 0 unspecified atom stereocenters. The van der Waals surface area contributed by atoms with Gasteiger partial charge in [-0.05, 0) is 31.4 Å². The Labute approximate surface area is 129 Å². The van der Waals surface area contributed by atoms with Crippen molar-refractivity contribution in [2.75, 3.05) is 19.8 Å². The highest BCUT2D eigenvalue weighted by molar-refractivity contribution is 5.51. The predicted octanol–water partition coefficient (Wildman–Crippen LogP) is 5.22. The van der Waals surface area contributed by atoms with Crippen molar-refractivity contribution in [3.63, 3.8) is 0 Å². The number of para-hydroxylation sites is 1. The fourth-order valence-electron chi connectivity index (χ4n) is 1.84. The van der Waals surface area contributed by atoms with Gasteiger partial charge in [-0.1, -0.05) is 46.1 Å². The van der Waals surface area contributed by atoms with Gasteiger partial charge < -0.3 is 14.2 Å². The van der Waals surface area contributed by atoms with Gasteiger partial charge in [0.2, 0.25) is 5.75 Å². The molecule has 1 aromatic rings. The molecule has 3 nitrogen and oxygen atoms in total. The van der Waals surface area contributed by atoms with Gasteiger partial charge in [0.05, 0.1) is 19.8 Å². The minimum atomic E-state index is 0.703. The van der Waals surface area contributed by atoms with Gasteiger partial charge in [-0.3, -0.25) is 0 Å². The molecule has 120 valence electrons. The molecular weight excluding hydrogens is 264 g/mol. The average Bonchev–Trinajstić information content (AvgIpc) is 2.50. The van der Waals surface area contributed by atoms with Crippen LogP contribution >= 0.6 is 0 Å². The van der Waals surface area contributed by atoms with E-state index in [9.17, 15) is 0 Å². The number of benzene rings is 1. The zero-order valence-electron chi connectivity index (χ0n) is 13.8. The zero-order chi connectivity index (χ0) is 15.3. The van der Waals surface area contributed by atoms with Crippen molar-refractivity contribution in [1.29, 1.82) is 0 Å². The van der Waals surface area contributed by atoms with Crippen molar-refractivity contribution in [2.45, 2.75) is 59.3 Å². The van der Waals surface area contributed by atoms with Gasteiger partial charge in [0, 0.05) is 0 Å². The summed E-state index contributed by atoms with van der Waals surface area (Å²) in [5, 5.41) is 0. The van der Waals surface area contributed by atoms with Crippen LogP contribution in [0.4, 0.5) is 0 Å². The van der Waals surface area contributed by atoms with Crippen LogP contribution in [0.1, 0.15) is 59.3 Å². The normalized spacial score (nSPS) is 10.4. The van der Waals surface area contributed by atoms with Crippen molar-refractivity contribution >= 4 is 0 Å². The molecule has 0 saturated heterocycles. The Morgan fingerprint density at radius 1 is 0.667 bits per heavy atom. The predicted molar refractivity (Wildman–Crippen MR) is 87.7 cm³/mol. The molecule has 0 bridgehead atoms. The summed E-state index contributed by atoms with van der Waals surface area (Å²) in [5.74, 6) is 2.36. The summed E-state index contributed by atoms with van der Waals surface area (Å²) in [5.41, 5.74) is 0. The van der Waals surface area contributed by atoms with E-state index in [1.807, 2.05) is 18.2 Å². The Kier molecular flexibility index (Phi) is 9.51. The van der Waals surface area contributed by atoms with Gasteiger partial charge in [0.15, 0.2) is 11.5 Å². The van der Waals surface area contributed by atoms with E-state index in [4.69, 9.17) is 14.2 Å². The molecule has 0 fully saturated rings. The molecule has 0 aliphatic rings. The molecule has 0 aromatic heterocycles. The number of rotatable bonds is 12. The molecule has 0 amide bonds. The molecule has 0 radical (unpaired) electrons. The minimum Gasteiger partial charge on any atom is -0.490 e. The molecule has 3 heteroatoms. The monoisotopic (exact) mass is 294 g/mol. The highest BCUT2D eigenvalue weighted by Crippen LogP contribution is 2.37. The summed E-state index contributed by atoms with van der Waals surface area (Å²) in [6.45, 7) is 8.62. The van der Waals surface area contributed by atoms with Crippen molar-refractivity contribution in [1.82, 2.24) is 0 Å². The lowest BCUT2D eigenvalue weighted by Crippen LogP contribution is -2.05. The second kappa shape index (κ2) is 11.3. The van der Waals surface area contributed by atoms with E-state index in [1.54, 1.807) is 0 Å². The maximum absolute atomic E-state index is 5.92. The Hall–Kier alpha value is -1.38. The summed E-state index contributed by atoms with van der Waals surface area (Å²) >= 11 is 0. The van der Waals surface area contributed by atoms with Crippen LogP contribution in [0.25, 0.3) is 0 Å². The van der Waals surface area contributed by atoms with E-state index in [2.05, 4.69) is 20.8 Å². The first-order chi connectivity index (χ1) is 10.3. The lowest BCUT2D eigenvalue weighted by atomic mass is 10.2. The van der Waals surface area contributed by atoms with Crippen LogP contribution in [0.15, 0.2) is 18.2 Å². The van der Waals surface area contributed by atoms with E-state index < -0.39 is 0 Å². The maximum atomic E-state index is 5.92. The van der Waals surface area contributed by atoms with Gasteiger partial charge in [-0.2, -0.15) is 0 Å². The SMILES string of the molecule is CCCCOc1cccc(OCCCC)c1OCCCC. The fourth-order valence-corrected chi connectivity index (χ4v) is 1.84. The Bertz CT molecular complexity index is 348. The van der Waals surface area contributed by atoms with Gasteiger partial charge in [-0.25, -0.2) is 0 Å². The molecule has 0 saturated carbocycles. The Morgan fingerprint density at radius 2 is 1.10 bits per heavy atom. The van der Waals surface area contributed by atoms with Crippen molar-refractivity contribution < 1.29 is 14.2 Å². The van der Waals surface area contributed by atoms with E-state index in [0.717, 1.165) is 69.0 Å². The summed E-state index contributed by atoms with van der Waals surface area (Å²) in [4.78, 5) is 0. The van der Waals surface area contributed by atoms with Gasteiger partial charge in [0.25, 0.3) is 0 Å². The number of hydrogen-bond donors (Lipinski definition) is 0. The molecule has 1 rings (SSSR count). The summed E-state index contributed by atoms with van der Waals surface area (Å²) < 4.78 is 17.6. The number of ether oxygens (including phenoxy) is 3. The molecule has 1 aromatic carbocycles. The molecule has 0 aliphatic carbocycles. The first-order valence-electron chi connectivity index (χ1n) is 8.34. The van der Waals surface area contributed by atoms with E-state index in [1.165, 1.54) is 0 Å². The zero-order valence-corrected chi connectivity index (χ0v) is 13.8. The highest BCUT2D eigenvalue weighted by Gasteiger charge is 2.12. The molecule has 0 heterocycles. The van der Waals surface area contributed by atoms with E-state index >= 15 is 0 Å². The van der Waals surface area contributed by atoms with Crippen LogP contribution in [0.5, 0.6) is 17.2 Å². The van der Waals surface area contributed by atoms with E-state index in [0.29, 0.717) is 6.61 Å². The van der Waals surface area contributed by atoms with Gasteiger partial charge in [0.1, 0.15) is 0 Å². The molecule has 0 atom stereocenters. The van der Waals surface area contributed by atoms with Crippen LogP contribution in [0.3, 0.4) is 0 Å². The van der Waals surface area contributed by atoms with Crippen molar-refractivity contribution in [2.24, 2.45) is 0 Å². The van der Waals surface area contributed by atoms with Crippen molar-refractivity contribution in [3.05, 3.63) is 18.2 Å². The summed E-state index contributed by atoms with van der Waals surface area (Å²) in [6.07, 6.45) is 6.50. The van der Waals surface area contributed by atoms with Crippen LogP contribution in [-0.4, -0.2) is 19.8 Å². The molecular formula is C18H30O3.